The van der Waals surface area contributed by atoms with Gasteiger partial charge >= 0.3 is 6.09 Å². The Bertz CT molecular complexity index is 1480. The van der Waals surface area contributed by atoms with Crippen molar-refractivity contribution in [3.63, 3.8) is 0 Å². The molecular formula is C22H23ClN6O6S. The first-order chi connectivity index (χ1) is 16.8. The van der Waals surface area contributed by atoms with E-state index >= 15 is 0 Å². The van der Waals surface area contributed by atoms with E-state index in [1.807, 2.05) is 0 Å². The van der Waals surface area contributed by atoms with Gasteiger partial charge in [0.15, 0.2) is 11.4 Å². The number of nitrogens with zero attached hydrogens (tertiary/aromatic N) is 5. The van der Waals surface area contributed by atoms with Crippen LogP contribution in [0.2, 0.25) is 0 Å². The number of hydrogen-bond acceptors (Lipinski definition) is 9. The fraction of sp³-hybridized carbons (Fsp3) is 0.182. The fourth-order valence-electron chi connectivity index (χ4n) is 3.64. The monoisotopic (exact) mass is 534 g/mol. The molecule has 4 rings (SSSR count). The molecule has 0 fully saturated rings. The van der Waals surface area contributed by atoms with Gasteiger partial charge < -0.3 is 9.47 Å². The largest absolute Gasteiger partial charge is 0.497 e. The van der Waals surface area contributed by atoms with Crippen molar-refractivity contribution in [2.75, 3.05) is 11.4 Å². The summed E-state index contributed by atoms with van der Waals surface area (Å²) in [5, 5.41) is 13.7. The number of ether oxygens (including phenoxy) is 2. The predicted octanol–water partition coefficient (Wildman–Crippen LogP) is 2.98. The van der Waals surface area contributed by atoms with Gasteiger partial charge in [-0.3, -0.25) is 19.2 Å². The maximum atomic E-state index is 14.0. The molecule has 0 aliphatic carbocycles. The Hall–Kier alpha value is -3.94. The molecule has 0 saturated heterocycles. The number of pyridine rings is 2. The second-order valence-electron chi connectivity index (χ2n) is 7.43. The number of nitrogens with one attached hydrogen (secondary N) is 1. The van der Waals surface area contributed by atoms with Gasteiger partial charge in [-0.05, 0) is 42.8 Å². The maximum absolute atomic E-state index is 14.0. The Balaban J connectivity index is 0.00000361. The number of halogens is 1. The van der Waals surface area contributed by atoms with Gasteiger partial charge in [0.25, 0.3) is 10.0 Å². The number of carbonyl (C=O) groups is 1. The first-order valence-electron chi connectivity index (χ1n) is 10.3. The number of anilines is 1. The second kappa shape index (κ2) is 10.8. The molecule has 0 unspecified atom stereocenters. The summed E-state index contributed by atoms with van der Waals surface area (Å²) in [5.41, 5.74) is 2.82. The van der Waals surface area contributed by atoms with E-state index < -0.39 is 16.1 Å². The van der Waals surface area contributed by atoms with Crippen molar-refractivity contribution in [1.82, 2.24) is 25.2 Å². The summed E-state index contributed by atoms with van der Waals surface area (Å²) in [6, 6.07) is 9.30. The van der Waals surface area contributed by atoms with Crippen LogP contribution in [0.15, 0.2) is 59.9 Å². The normalized spacial score (nSPS) is 11.0. The van der Waals surface area contributed by atoms with Crippen molar-refractivity contribution < 1.29 is 27.9 Å². The smallest absolute Gasteiger partial charge is 0.436 e. The van der Waals surface area contributed by atoms with E-state index in [4.69, 9.17) is 14.7 Å². The van der Waals surface area contributed by atoms with Gasteiger partial charge in [-0.2, -0.15) is 5.10 Å². The van der Waals surface area contributed by atoms with Crippen LogP contribution >= 0.6 is 12.4 Å². The lowest BCUT2D eigenvalue weighted by molar-refractivity contribution is 0.127. The zero-order valence-electron chi connectivity index (χ0n) is 19.4. The van der Waals surface area contributed by atoms with Gasteiger partial charge in [-0.1, -0.05) is 6.07 Å². The average molecular weight is 535 g/mol. The summed E-state index contributed by atoms with van der Waals surface area (Å²) in [6.45, 7) is 1.54. The summed E-state index contributed by atoms with van der Waals surface area (Å²) in [4.78, 5) is 20.2. The molecule has 0 radical (unpaired) electrons. The zero-order valence-corrected chi connectivity index (χ0v) is 21.1. The maximum Gasteiger partial charge on any atom is 0.436 e. The summed E-state index contributed by atoms with van der Waals surface area (Å²) < 4.78 is 41.0. The number of hydroxylamine groups is 1. The van der Waals surface area contributed by atoms with Crippen molar-refractivity contribution in [3.8, 4) is 11.5 Å². The third kappa shape index (κ3) is 5.03. The fourth-order valence-corrected chi connectivity index (χ4v) is 5.11. The topological polar surface area (TPSA) is 149 Å². The highest BCUT2D eigenvalue weighted by molar-refractivity contribution is 7.92. The molecule has 14 heteroatoms. The third-order valence-corrected chi connectivity index (χ3v) is 6.97. The minimum Gasteiger partial charge on any atom is -0.497 e. The van der Waals surface area contributed by atoms with Crippen molar-refractivity contribution >= 4 is 45.2 Å². The molecule has 36 heavy (non-hydrogen) atoms. The quantitative estimate of drug-likeness (QED) is 0.269. The third-order valence-electron chi connectivity index (χ3n) is 5.21. The summed E-state index contributed by atoms with van der Waals surface area (Å²) in [5.74, 6) is 0.293. The molecule has 0 atom stereocenters. The Morgan fingerprint density at radius 1 is 1.19 bits per heavy atom. The highest BCUT2D eigenvalue weighted by atomic mass is 35.5. The van der Waals surface area contributed by atoms with Crippen molar-refractivity contribution in [1.29, 1.82) is 0 Å². The number of rotatable bonds is 7. The summed E-state index contributed by atoms with van der Waals surface area (Å²) in [6.07, 6.45) is 3.10. The van der Waals surface area contributed by atoms with E-state index in [1.54, 1.807) is 32.3 Å². The molecule has 12 nitrogen and oxygen atoms in total. The van der Waals surface area contributed by atoms with E-state index in [2.05, 4.69) is 15.1 Å². The van der Waals surface area contributed by atoms with Crippen LogP contribution in [-0.2, 0) is 23.6 Å². The number of carbonyl (C=O) groups excluding carboxylic acids is 1. The van der Waals surface area contributed by atoms with Gasteiger partial charge in [-0.15, -0.1) is 12.4 Å². The van der Waals surface area contributed by atoms with Crippen molar-refractivity contribution in [3.05, 3.63) is 66.2 Å². The van der Waals surface area contributed by atoms with E-state index in [-0.39, 0.29) is 35.3 Å². The van der Waals surface area contributed by atoms with Crippen molar-refractivity contribution in [2.45, 2.75) is 18.4 Å². The van der Waals surface area contributed by atoms with Crippen LogP contribution in [0.25, 0.3) is 11.0 Å². The first kappa shape index (κ1) is 26.7. The number of fused-ring (bicyclic) bond motifs is 1. The van der Waals surface area contributed by atoms with Crippen LogP contribution in [0, 0.1) is 6.92 Å². The Morgan fingerprint density at radius 2 is 1.92 bits per heavy atom. The van der Waals surface area contributed by atoms with Gasteiger partial charge in [0.05, 0.1) is 35.8 Å². The number of aryl methyl sites for hydroxylation is 2. The Labute approximate surface area is 212 Å². The van der Waals surface area contributed by atoms with Crippen LogP contribution in [0.4, 0.5) is 10.5 Å². The highest BCUT2D eigenvalue weighted by Gasteiger charge is 2.32. The number of hydrogen-bond donors (Lipinski definition) is 2. The minimum atomic E-state index is -4.23. The lowest BCUT2D eigenvalue weighted by Gasteiger charge is -2.27. The number of methoxy groups -OCH3 is 1. The molecule has 3 heterocycles. The standard InChI is InChI=1S/C22H22N6O6S.ClH/c1-14-19-20(18(34-22(29)26-30)12-24-21(19)27(2)25-14)28(13-15-5-4-10-23-11-15)35(31,32)17-8-6-16(33-3)7-9-17;/h4-12,30H,13H2,1-3H3,(H,26,29);1H. The molecule has 190 valence electrons. The summed E-state index contributed by atoms with van der Waals surface area (Å²) >= 11 is 0. The van der Waals surface area contributed by atoms with Gasteiger partial charge in [0.1, 0.15) is 11.4 Å². The zero-order chi connectivity index (χ0) is 25.2. The molecule has 3 aromatic heterocycles. The lowest BCUT2D eigenvalue weighted by atomic mass is 10.2. The predicted molar refractivity (Wildman–Crippen MR) is 132 cm³/mol. The molecule has 0 aliphatic heterocycles. The van der Waals surface area contributed by atoms with Crippen LogP contribution in [0.3, 0.4) is 0 Å². The van der Waals surface area contributed by atoms with E-state index in [9.17, 15) is 13.2 Å². The van der Waals surface area contributed by atoms with E-state index in [0.717, 1.165) is 4.31 Å². The highest BCUT2D eigenvalue weighted by Crippen LogP contribution is 2.40. The molecule has 0 spiro atoms. The number of amides is 1. The molecule has 4 aromatic rings. The van der Waals surface area contributed by atoms with E-state index in [0.29, 0.717) is 28.0 Å². The molecule has 2 N–H and O–H groups in total. The number of benzene rings is 1. The van der Waals surface area contributed by atoms with Crippen LogP contribution in [-0.4, -0.2) is 46.6 Å². The lowest BCUT2D eigenvalue weighted by Crippen LogP contribution is -2.32. The molecule has 0 aliphatic rings. The Kier molecular flexibility index (Phi) is 7.97. The first-order valence-corrected chi connectivity index (χ1v) is 11.7. The van der Waals surface area contributed by atoms with Crippen LogP contribution < -0.4 is 19.3 Å². The number of sulfonamides is 1. The van der Waals surface area contributed by atoms with Crippen molar-refractivity contribution in [2.24, 2.45) is 7.05 Å². The molecule has 0 bridgehead atoms. The molecule has 0 saturated carbocycles. The van der Waals surface area contributed by atoms with Gasteiger partial charge in [0.2, 0.25) is 0 Å². The molecule has 1 amide bonds. The van der Waals surface area contributed by atoms with Crippen LogP contribution in [0.1, 0.15) is 11.3 Å². The molecule has 1 aromatic carbocycles. The SMILES string of the molecule is COc1ccc(S(=O)(=O)N(Cc2cccnc2)c2c(OC(=O)NO)cnc3c2c(C)nn3C)cc1.Cl. The minimum absolute atomic E-state index is 0. The van der Waals surface area contributed by atoms with Crippen LogP contribution in [0.5, 0.6) is 11.5 Å². The van der Waals surface area contributed by atoms with Gasteiger partial charge in [0, 0.05) is 19.4 Å². The van der Waals surface area contributed by atoms with Gasteiger partial charge in [-0.25, -0.2) is 23.7 Å². The summed E-state index contributed by atoms with van der Waals surface area (Å²) in [7, 11) is -1.09. The number of aromatic nitrogens is 4. The molecular weight excluding hydrogens is 512 g/mol. The second-order valence-corrected chi connectivity index (χ2v) is 9.29. The van der Waals surface area contributed by atoms with E-state index in [1.165, 1.54) is 53.9 Å². The average Bonchev–Trinajstić information content (AvgIpc) is 3.16. The Morgan fingerprint density at radius 3 is 2.53 bits per heavy atom.